The van der Waals surface area contributed by atoms with Gasteiger partial charge in [0.15, 0.2) is 0 Å². The van der Waals surface area contributed by atoms with Crippen molar-refractivity contribution in [1.82, 2.24) is 9.78 Å². The third kappa shape index (κ3) is 3.02. The van der Waals surface area contributed by atoms with Crippen molar-refractivity contribution in [2.75, 3.05) is 23.7 Å². The van der Waals surface area contributed by atoms with Gasteiger partial charge in [-0.25, -0.2) is 8.42 Å². The van der Waals surface area contributed by atoms with Crippen LogP contribution in [0, 0.1) is 13.8 Å². The molecule has 114 valence electrons. The van der Waals surface area contributed by atoms with E-state index in [1.807, 2.05) is 31.1 Å². The molecule has 1 aromatic carbocycles. The minimum Gasteiger partial charge on any atom is -0.378 e. The highest BCUT2D eigenvalue weighted by Crippen LogP contribution is 2.23. The van der Waals surface area contributed by atoms with Crippen LogP contribution in [0.25, 0.3) is 0 Å². The second-order valence-electron chi connectivity index (χ2n) is 5.17. The molecule has 0 aliphatic carbocycles. The first-order valence-electron chi connectivity index (χ1n) is 6.53. The summed E-state index contributed by atoms with van der Waals surface area (Å²) in [6.45, 7) is 3.43. The maximum Gasteiger partial charge on any atom is 0.265 e. The van der Waals surface area contributed by atoms with E-state index in [4.69, 9.17) is 0 Å². The minimum absolute atomic E-state index is 0.238. The van der Waals surface area contributed by atoms with Crippen LogP contribution in [0.4, 0.5) is 11.4 Å². The molecule has 0 amide bonds. The van der Waals surface area contributed by atoms with Gasteiger partial charge in [0.05, 0.1) is 11.4 Å². The average molecular weight is 308 g/mol. The zero-order valence-corrected chi connectivity index (χ0v) is 13.7. The van der Waals surface area contributed by atoms with Crippen LogP contribution in [0.15, 0.2) is 29.2 Å². The van der Waals surface area contributed by atoms with Gasteiger partial charge in [0.1, 0.15) is 4.90 Å². The summed E-state index contributed by atoms with van der Waals surface area (Å²) in [4.78, 5) is 2.19. The summed E-state index contributed by atoms with van der Waals surface area (Å²) >= 11 is 0. The maximum absolute atomic E-state index is 12.5. The zero-order chi connectivity index (χ0) is 15.8. The van der Waals surface area contributed by atoms with Gasteiger partial charge >= 0.3 is 0 Å². The van der Waals surface area contributed by atoms with Gasteiger partial charge in [0, 0.05) is 32.5 Å². The molecule has 2 aromatic rings. The highest BCUT2D eigenvalue weighted by molar-refractivity contribution is 7.92. The quantitative estimate of drug-likeness (QED) is 0.937. The lowest BCUT2D eigenvalue weighted by Gasteiger charge is -2.13. The van der Waals surface area contributed by atoms with E-state index in [1.54, 1.807) is 37.7 Å². The predicted molar refractivity (Wildman–Crippen MR) is 84.3 cm³/mol. The van der Waals surface area contributed by atoms with Crippen LogP contribution >= 0.6 is 0 Å². The van der Waals surface area contributed by atoms with Gasteiger partial charge < -0.3 is 4.90 Å². The van der Waals surface area contributed by atoms with Crippen LogP contribution in [0.3, 0.4) is 0 Å². The van der Waals surface area contributed by atoms with E-state index in [2.05, 4.69) is 9.82 Å². The number of anilines is 2. The minimum atomic E-state index is -3.63. The fourth-order valence-corrected chi connectivity index (χ4v) is 3.68. The lowest BCUT2D eigenvalue weighted by atomic mass is 10.3. The highest BCUT2D eigenvalue weighted by atomic mass is 32.2. The molecule has 7 heteroatoms. The van der Waals surface area contributed by atoms with E-state index in [-0.39, 0.29) is 4.90 Å². The van der Waals surface area contributed by atoms with Crippen molar-refractivity contribution >= 4 is 21.4 Å². The Hall–Kier alpha value is -2.02. The van der Waals surface area contributed by atoms with Crippen molar-refractivity contribution in [1.29, 1.82) is 0 Å². The van der Waals surface area contributed by atoms with Crippen molar-refractivity contribution in [3.63, 3.8) is 0 Å². The summed E-state index contributed by atoms with van der Waals surface area (Å²) in [5, 5.41) is 4.15. The first-order valence-corrected chi connectivity index (χ1v) is 8.01. The van der Waals surface area contributed by atoms with E-state index in [9.17, 15) is 8.42 Å². The predicted octanol–water partition coefficient (Wildman–Crippen LogP) is 1.90. The largest absolute Gasteiger partial charge is 0.378 e. The third-order valence-corrected chi connectivity index (χ3v) is 4.98. The molecule has 6 nitrogen and oxygen atoms in total. The Balaban J connectivity index is 2.33. The molecule has 0 unspecified atom stereocenters. The Labute approximate surface area is 125 Å². The molecular formula is C14H20N4O2S. The number of rotatable bonds is 4. The molecule has 0 aliphatic rings. The van der Waals surface area contributed by atoms with Crippen molar-refractivity contribution in [2.24, 2.45) is 7.05 Å². The number of nitrogens with zero attached hydrogens (tertiary/aromatic N) is 3. The monoisotopic (exact) mass is 308 g/mol. The maximum atomic E-state index is 12.5. The van der Waals surface area contributed by atoms with Gasteiger partial charge in [-0.1, -0.05) is 0 Å². The normalized spacial score (nSPS) is 11.5. The SMILES string of the molecule is Cc1nn(C)c(C)c1S(=O)(=O)Nc1ccc(N(C)C)cc1. The molecule has 0 atom stereocenters. The molecule has 0 saturated heterocycles. The Kier molecular flexibility index (Phi) is 3.95. The molecule has 0 radical (unpaired) electrons. The van der Waals surface area contributed by atoms with Crippen LogP contribution in [0.2, 0.25) is 0 Å². The average Bonchev–Trinajstić information content (AvgIpc) is 2.63. The van der Waals surface area contributed by atoms with Crippen LogP contribution in [-0.2, 0) is 17.1 Å². The fraction of sp³-hybridized carbons (Fsp3) is 0.357. The Bertz CT molecular complexity index is 746. The Morgan fingerprint density at radius 2 is 1.71 bits per heavy atom. The zero-order valence-electron chi connectivity index (χ0n) is 12.9. The molecule has 0 fully saturated rings. The van der Waals surface area contributed by atoms with E-state index >= 15 is 0 Å². The highest BCUT2D eigenvalue weighted by Gasteiger charge is 2.23. The summed E-state index contributed by atoms with van der Waals surface area (Å²) in [5.41, 5.74) is 2.65. The summed E-state index contributed by atoms with van der Waals surface area (Å²) in [6.07, 6.45) is 0. The second kappa shape index (κ2) is 5.40. The van der Waals surface area contributed by atoms with Crippen molar-refractivity contribution in [3.8, 4) is 0 Å². The van der Waals surface area contributed by atoms with E-state index in [0.717, 1.165) is 5.69 Å². The van der Waals surface area contributed by atoms with Crippen LogP contribution in [0.1, 0.15) is 11.4 Å². The molecule has 21 heavy (non-hydrogen) atoms. The lowest BCUT2D eigenvalue weighted by molar-refractivity contribution is 0.599. The number of aromatic nitrogens is 2. The third-order valence-electron chi connectivity index (χ3n) is 3.35. The fourth-order valence-electron chi connectivity index (χ4n) is 2.18. The van der Waals surface area contributed by atoms with E-state index < -0.39 is 10.0 Å². The molecule has 1 aromatic heterocycles. The second-order valence-corrected chi connectivity index (χ2v) is 6.79. The van der Waals surface area contributed by atoms with Gasteiger partial charge in [-0.15, -0.1) is 0 Å². The molecule has 0 aliphatic heterocycles. The van der Waals surface area contributed by atoms with Crippen LogP contribution in [0.5, 0.6) is 0 Å². The molecule has 1 N–H and O–H groups in total. The van der Waals surface area contributed by atoms with Gasteiger partial charge in [-0.05, 0) is 38.1 Å². The van der Waals surface area contributed by atoms with Gasteiger partial charge in [0.2, 0.25) is 0 Å². The summed E-state index contributed by atoms with van der Waals surface area (Å²) < 4.78 is 29.2. The van der Waals surface area contributed by atoms with Crippen molar-refractivity contribution in [2.45, 2.75) is 18.7 Å². The molecule has 0 bridgehead atoms. The van der Waals surface area contributed by atoms with Crippen molar-refractivity contribution < 1.29 is 8.42 Å². The van der Waals surface area contributed by atoms with Gasteiger partial charge in [0.25, 0.3) is 10.0 Å². The summed E-state index contributed by atoms with van der Waals surface area (Å²) in [6, 6.07) is 7.21. The Morgan fingerprint density at radius 1 is 1.14 bits per heavy atom. The number of aryl methyl sites for hydroxylation is 2. The topological polar surface area (TPSA) is 67.2 Å². The summed E-state index contributed by atoms with van der Waals surface area (Å²) in [7, 11) is 1.96. The number of benzene rings is 1. The Morgan fingerprint density at radius 3 is 2.14 bits per heavy atom. The molecular weight excluding hydrogens is 288 g/mol. The van der Waals surface area contributed by atoms with E-state index in [0.29, 0.717) is 17.1 Å². The molecule has 0 saturated carbocycles. The van der Waals surface area contributed by atoms with E-state index in [1.165, 1.54) is 0 Å². The number of hydrogen-bond acceptors (Lipinski definition) is 4. The smallest absolute Gasteiger partial charge is 0.265 e. The lowest BCUT2D eigenvalue weighted by Crippen LogP contribution is -2.15. The molecule has 2 rings (SSSR count). The summed E-state index contributed by atoms with van der Waals surface area (Å²) in [5.74, 6) is 0. The number of hydrogen-bond donors (Lipinski definition) is 1. The molecule has 1 heterocycles. The van der Waals surface area contributed by atoms with Gasteiger partial charge in [-0.3, -0.25) is 9.40 Å². The molecule has 0 spiro atoms. The first kappa shape index (κ1) is 15.4. The van der Waals surface area contributed by atoms with Crippen molar-refractivity contribution in [3.05, 3.63) is 35.7 Å². The standard InChI is InChI=1S/C14H20N4O2S/c1-10-14(11(2)18(5)15-10)21(19,20)16-12-6-8-13(9-7-12)17(3)4/h6-9,16H,1-5H3. The number of nitrogens with one attached hydrogen (secondary N) is 1. The number of sulfonamides is 1. The van der Waals surface area contributed by atoms with Crippen LogP contribution in [-0.4, -0.2) is 32.3 Å². The van der Waals surface area contributed by atoms with Crippen LogP contribution < -0.4 is 9.62 Å². The first-order chi connectivity index (χ1) is 9.72. The van der Waals surface area contributed by atoms with Gasteiger partial charge in [-0.2, -0.15) is 5.10 Å².